The van der Waals surface area contributed by atoms with Crippen molar-refractivity contribution in [1.82, 2.24) is 0 Å². The van der Waals surface area contributed by atoms with Gasteiger partial charge in [-0.3, -0.25) is 0 Å². The van der Waals surface area contributed by atoms with E-state index in [4.69, 9.17) is 4.74 Å². The molecule has 1 fully saturated rings. The van der Waals surface area contributed by atoms with Gasteiger partial charge in [0.1, 0.15) is 6.10 Å². The highest BCUT2D eigenvalue weighted by Crippen LogP contribution is 2.35. The summed E-state index contributed by atoms with van der Waals surface area (Å²) in [5, 5.41) is 20.2. The van der Waals surface area contributed by atoms with Crippen molar-refractivity contribution in [3.63, 3.8) is 0 Å². The van der Waals surface area contributed by atoms with Gasteiger partial charge in [-0.25, -0.2) is 4.79 Å². The first-order valence-corrected chi connectivity index (χ1v) is 6.51. The van der Waals surface area contributed by atoms with Crippen molar-refractivity contribution >= 4 is 5.97 Å². The van der Waals surface area contributed by atoms with E-state index in [0.717, 1.165) is 5.57 Å². The van der Waals surface area contributed by atoms with Crippen molar-refractivity contribution in [2.45, 2.75) is 44.5 Å². The lowest BCUT2D eigenvalue weighted by molar-refractivity contribution is -0.139. The molecule has 104 valence electrons. The van der Waals surface area contributed by atoms with Crippen molar-refractivity contribution < 1.29 is 19.7 Å². The maximum absolute atomic E-state index is 11.6. The Hall–Kier alpha value is -1.39. The number of fused-ring (bicyclic) bond motifs is 1. The van der Waals surface area contributed by atoms with Crippen LogP contribution in [0, 0.1) is 5.92 Å². The molecule has 0 saturated carbocycles. The largest absolute Gasteiger partial charge is 0.458 e. The summed E-state index contributed by atoms with van der Waals surface area (Å²) in [6.45, 7) is 9.47. The quantitative estimate of drug-likeness (QED) is 0.395. The lowest BCUT2D eigenvalue weighted by atomic mass is 9.84. The highest BCUT2D eigenvalue weighted by atomic mass is 16.6. The van der Waals surface area contributed by atoms with Crippen molar-refractivity contribution in [2.75, 3.05) is 0 Å². The second-order valence-corrected chi connectivity index (χ2v) is 5.42. The number of hydrogen-bond acceptors (Lipinski definition) is 4. The maximum Gasteiger partial charge on any atom is 0.334 e. The Morgan fingerprint density at radius 3 is 2.74 bits per heavy atom. The van der Waals surface area contributed by atoms with Gasteiger partial charge >= 0.3 is 5.97 Å². The molecule has 0 aromatic rings. The molecule has 0 radical (unpaired) electrons. The molecule has 0 aromatic heterocycles. The molecule has 4 atom stereocenters. The zero-order chi connectivity index (χ0) is 14.2. The first-order chi connectivity index (χ1) is 8.90. The minimum atomic E-state index is -0.785. The molecule has 0 spiro atoms. The molecule has 2 rings (SSSR count). The van der Waals surface area contributed by atoms with Gasteiger partial charge in [-0.2, -0.15) is 0 Å². The maximum atomic E-state index is 11.6. The number of carbonyl (C=O) groups excluding carboxylic acids is 1. The summed E-state index contributed by atoms with van der Waals surface area (Å²) >= 11 is 0. The van der Waals surface area contributed by atoms with Crippen molar-refractivity contribution in [3.8, 4) is 0 Å². The smallest absolute Gasteiger partial charge is 0.334 e. The fourth-order valence-corrected chi connectivity index (χ4v) is 2.68. The van der Waals surface area contributed by atoms with E-state index in [1.807, 2.05) is 6.92 Å². The molecule has 0 aromatic carbocycles. The summed E-state index contributed by atoms with van der Waals surface area (Å²) in [7, 11) is 0. The lowest BCUT2D eigenvalue weighted by Gasteiger charge is -2.25. The van der Waals surface area contributed by atoms with E-state index in [0.29, 0.717) is 30.4 Å². The van der Waals surface area contributed by atoms with Gasteiger partial charge in [-0.1, -0.05) is 24.8 Å². The van der Waals surface area contributed by atoms with Crippen LogP contribution in [0.2, 0.25) is 0 Å². The van der Waals surface area contributed by atoms with Gasteiger partial charge in [-0.05, 0) is 25.3 Å². The second kappa shape index (κ2) is 5.31. The van der Waals surface area contributed by atoms with Crippen molar-refractivity contribution in [3.05, 3.63) is 36.0 Å². The normalized spacial score (nSPS) is 39.3. The fourth-order valence-electron chi connectivity index (χ4n) is 2.68. The van der Waals surface area contributed by atoms with Crippen LogP contribution in [0.5, 0.6) is 0 Å². The minimum Gasteiger partial charge on any atom is -0.458 e. The number of aliphatic hydroxyl groups is 2. The summed E-state index contributed by atoms with van der Waals surface area (Å²) in [6.07, 6.45) is 1.47. The molecule has 0 unspecified atom stereocenters. The number of rotatable bonds is 0. The summed E-state index contributed by atoms with van der Waals surface area (Å²) < 4.78 is 5.23. The third-order valence-corrected chi connectivity index (χ3v) is 3.89. The average molecular weight is 264 g/mol. The zero-order valence-corrected chi connectivity index (χ0v) is 11.1. The lowest BCUT2D eigenvalue weighted by Crippen LogP contribution is -2.30. The van der Waals surface area contributed by atoms with Crippen molar-refractivity contribution in [1.29, 1.82) is 0 Å². The first-order valence-electron chi connectivity index (χ1n) is 6.51. The molecule has 0 amide bonds. The van der Waals surface area contributed by atoms with Crippen LogP contribution in [-0.2, 0) is 9.53 Å². The molecule has 1 aliphatic heterocycles. The summed E-state index contributed by atoms with van der Waals surface area (Å²) in [5.74, 6) is -0.925. The molecular weight excluding hydrogens is 244 g/mol. The third-order valence-electron chi connectivity index (χ3n) is 3.89. The van der Waals surface area contributed by atoms with E-state index in [1.54, 1.807) is 6.08 Å². The predicted octanol–water partition coefficient (Wildman–Crippen LogP) is 1.49. The Labute approximate surface area is 113 Å². The van der Waals surface area contributed by atoms with Crippen LogP contribution in [0.4, 0.5) is 0 Å². The Kier molecular flexibility index (Phi) is 3.92. The van der Waals surface area contributed by atoms with Gasteiger partial charge in [0, 0.05) is 12.0 Å². The Balaban J connectivity index is 2.33. The average Bonchev–Trinajstić information content (AvgIpc) is 2.60. The molecule has 1 aliphatic carbocycles. The fraction of sp³-hybridized carbons (Fsp3) is 0.533. The number of ether oxygens (including phenoxy) is 1. The molecule has 19 heavy (non-hydrogen) atoms. The van der Waals surface area contributed by atoms with E-state index < -0.39 is 30.2 Å². The number of hydrogen-bond donors (Lipinski definition) is 2. The minimum absolute atomic E-state index is 0.296. The van der Waals surface area contributed by atoms with E-state index in [2.05, 4.69) is 13.2 Å². The van der Waals surface area contributed by atoms with Crippen molar-refractivity contribution in [2.24, 2.45) is 5.92 Å². The summed E-state index contributed by atoms with van der Waals surface area (Å²) in [5.41, 5.74) is 1.91. The van der Waals surface area contributed by atoms with E-state index in [1.165, 1.54) is 0 Å². The Morgan fingerprint density at radius 2 is 2.05 bits per heavy atom. The third kappa shape index (κ3) is 2.80. The van der Waals surface area contributed by atoms with Crippen LogP contribution < -0.4 is 0 Å². The van der Waals surface area contributed by atoms with Gasteiger partial charge < -0.3 is 14.9 Å². The summed E-state index contributed by atoms with van der Waals surface area (Å²) in [6, 6.07) is 0. The van der Waals surface area contributed by atoms with Crippen LogP contribution in [0.1, 0.15) is 26.2 Å². The zero-order valence-electron chi connectivity index (χ0n) is 11.1. The number of allylic oxidation sites excluding steroid dienone is 1. The highest BCUT2D eigenvalue weighted by molar-refractivity contribution is 5.91. The second-order valence-electron chi connectivity index (χ2n) is 5.42. The topological polar surface area (TPSA) is 66.8 Å². The predicted molar refractivity (Wildman–Crippen MR) is 71.3 cm³/mol. The highest BCUT2D eigenvalue weighted by Gasteiger charge is 2.42. The van der Waals surface area contributed by atoms with E-state index in [-0.39, 0.29) is 0 Å². The standard InChI is InChI=1S/C15H20O4/c1-8-4-5-11(16)9(2)7-13-14(12(17)6-8)10(3)15(18)19-13/h6,11-14,16-17H,2-5,7H2,1H3/b8-6-/t11-,12-,13+,14+/m1/s1. The van der Waals surface area contributed by atoms with Gasteiger partial charge in [-0.15, -0.1) is 0 Å². The molecule has 2 N–H and O–H groups in total. The van der Waals surface area contributed by atoms with Gasteiger partial charge in [0.25, 0.3) is 0 Å². The number of carbonyl (C=O) groups is 1. The number of esters is 1. The molecule has 1 heterocycles. The molecule has 4 nitrogen and oxygen atoms in total. The molecule has 0 bridgehead atoms. The van der Waals surface area contributed by atoms with Crippen LogP contribution in [0.3, 0.4) is 0 Å². The van der Waals surface area contributed by atoms with Crippen LogP contribution >= 0.6 is 0 Å². The van der Waals surface area contributed by atoms with Gasteiger partial charge in [0.2, 0.25) is 0 Å². The van der Waals surface area contributed by atoms with Gasteiger partial charge in [0.15, 0.2) is 0 Å². The van der Waals surface area contributed by atoms with Crippen LogP contribution in [0.25, 0.3) is 0 Å². The van der Waals surface area contributed by atoms with Crippen LogP contribution in [0.15, 0.2) is 36.0 Å². The molecule has 2 aliphatic rings. The number of aliphatic hydroxyl groups excluding tert-OH is 2. The monoisotopic (exact) mass is 264 g/mol. The van der Waals surface area contributed by atoms with Gasteiger partial charge in [0.05, 0.1) is 18.1 Å². The van der Waals surface area contributed by atoms with Crippen LogP contribution in [-0.4, -0.2) is 34.5 Å². The Bertz CT molecular complexity index is 449. The molecular formula is C15H20O4. The van der Waals surface area contributed by atoms with E-state index in [9.17, 15) is 15.0 Å². The summed E-state index contributed by atoms with van der Waals surface area (Å²) in [4.78, 5) is 11.6. The molecule has 4 heteroatoms. The first kappa shape index (κ1) is 14.0. The molecule has 1 saturated heterocycles. The van der Waals surface area contributed by atoms with E-state index >= 15 is 0 Å². The Morgan fingerprint density at radius 1 is 1.37 bits per heavy atom. The SMILES string of the molecule is C=C1C(=O)O[C@H]2CC(=C)[C@H](O)CC/C(C)=C\[C@@H](O)[C@H]12.